The molecule has 0 amide bonds. The molecule has 0 saturated heterocycles. The third-order valence-corrected chi connectivity index (χ3v) is 3.19. The average Bonchev–Trinajstić information content (AvgIpc) is 2.87. The van der Waals surface area contributed by atoms with Gasteiger partial charge in [-0.05, 0) is 26.0 Å². The molecule has 4 heteroatoms. The summed E-state index contributed by atoms with van der Waals surface area (Å²) in [6, 6.07) is 8.94. The first-order valence-electron chi connectivity index (χ1n) is 6.42. The number of hydrogen-bond donors (Lipinski definition) is 1. The fourth-order valence-electron chi connectivity index (χ4n) is 1.97. The summed E-state index contributed by atoms with van der Waals surface area (Å²) in [6.07, 6.45) is 2.89. The van der Waals surface area contributed by atoms with Crippen LogP contribution in [0.4, 0.5) is 0 Å². The van der Waals surface area contributed by atoms with Crippen molar-refractivity contribution in [2.75, 3.05) is 7.05 Å². The molecule has 0 fully saturated rings. The quantitative estimate of drug-likeness (QED) is 0.879. The van der Waals surface area contributed by atoms with Gasteiger partial charge < -0.3 is 5.32 Å². The minimum atomic E-state index is 0.373. The van der Waals surface area contributed by atoms with E-state index in [9.17, 15) is 0 Å². The summed E-state index contributed by atoms with van der Waals surface area (Å²) in [5.41, 5.74) is 3.54. The smallest absolute Gasteiger partial charge is 0.0885 e. The lowest BCUT2D eigenvalue weighted by Crippen LogP contribution is -2.11. The predicted octanol–water partition coefficient (Wildman–Crippen LogP) is 2.64. The van der Waals surface area contributed by atoms with E-state index in [1.54, 1.807) is 0 Å². The van der Waals surface area contributed by atoms with Gasteiger partial charge in [-0.1, -0.05) is 36.4 Å². The molecule has 2 aromatic rings. The Morgan fingerprint density at radius 1 is 1.28 bits per heavy atom. The van der Waals surface area contributed by atoms with Gasteiger partial charge in [0.2, 0.25) is 0 Å². The Hall–Kier alpha value is -1.68. The second kappa shape index (κ2) is 5.78. The maximum absolute atomic E-state index is 4.11. The van der Waals surface area contributed by atoms with E-state index in [1.165, 1.54) is 11.1 Å². The molecule has 2 rings (SSSR count). The molecule has 0 spiro atoms. The lowest BCUT2D eigenvalue weighted by Gasteiger charge is -2.11. The Labute approximate surface area is 108 Å². The molecule has 0 aliphatic carbocycles. The van der Waals surface area contributed by atoms with Crippen molar-refractivity contribution in [2.24, 2.45) is 0 Å². The molecule has 0 aliphatic heterocycles. The summed E-state index contributed by atoms with van der Waals surface area (Å²) in [7, 11) is 1.97. The van der Waals surface area contributed by atoms with Gasteiger partial charge in [0.05, 0.1) is 11.9 Å². The minimum absolute atomic E-state index is 0.373. The Kier molecular flexibility index (Phi) is 4.10. The van der Waals surface area contributed by atoms with Crippen LogP contribution in [-0.4, -0.2) is 22.0 Å². The topological polar surface area (TPSA) is 42.7 Å². The van der Waals surface area contributed by atoms with Crippen molar-refractivity contribution >= 4 is 0 Å². The Balaban J connectivity index is 2.26. The van der Waals surface area contributed by atoms with Crippen molar-refractivity contribution in [3.05, 3.63) is 36.0 Å². The maximum atomic E-state index is 4.11. The molecule has 0 aliphatic rings. The van der Waals surface area contributed by atoms with Crippen LogP contribution in [0.25, 0.3) is 11.3 Å². The average molecular weight is 244 g/mol. The van der Waals surface area contributed by atoms with E-state index in [0.717, 1.165) is 18.7 Å². The summed E-state index contributed by atoms with van der Waals surface area (Å²) in [4.78, 5) is 0. The highest BCUT2D eigenvalue weighted by molar-refractivity contribution is 5.58. The first kappa shape index (κ1) is 12.8. The van der Waals surface area contributed by atoms with Crippen LogP contribution >= 0.6 is 0 Å². The third kappa shape index (κ3) is 2.59. The number of hydrogen-bond acceptors (Lipinski definition) is 3. The fourth-order valence-corrected chi connectivity index (χ4v) is 1.97. The van der Waals surface area contributed by atoms with Crippen LogP contribution in [-0.2, 0) is 6.54 Å². The number of nitrogens with zero attached hydrogens (tertiary/aromatic N) is 3. The van der Waals surface area contributed by atoms with Crippen molar-refractivity contribution in [2.45, 2.75) is 32.9 Å². The lowest BCUT2D eigenvalue weighted by molar-refractivity contribution is 0.584. The largest absolute Gasteiger partial charge is 0.313 e. The van der Waals surface area contributed by atoms with E-state index in [-0.39, 0.29) is 0 Å². The molecule has 4 nitrogen and oxygen atoms in total. The SMILES string of the molecule is CCCn1nncc1-c1ccc(C(C)NC)cc1. The zero-order valence-electron chi connectivity index (χ0n) is 11.2. The number of benzene rings is 1. The van der Waals surface area contributed by atoms with Crippen LogP contribution in [0.3, 0.4) is 0 Å². The predicted molar refractivity (Wildman–Crippen MR) is 73.2 cm³/mol. The summed E-state index contributed by atoms with van der Waals surface area (Å²) < 4.78 is 1.95. The van der Waals surface area contributed by atoms with Crippen LogP contribution in [0.1, 0.15) is 31.9 Å². The Morgan fingerprint density at radius 3 is 2.61 bits per heavy atom. The summed E-state index contributed by atoms with van der Waals surface area (Å²) in [6.45, 7) is 5.20. The maximum Gasteiger partial charge on any atom is 0.0885 e. The van der Waals surface area contributed by atoms with Gasteiger partial charge in [-0.25, -0.2) is 4.68 Å². The first-order valence-corrected chi connectivity index (χ1v) is 6.42. The number of aromatic nitrogens is 3. The van der Waals surface area contributed by atoms with Crippen molar-refractivity contribution < 1.29 is 0 Å². The third-order valence-electron chi connectivity index (χ3n) is 3.19. The van der Waals surface area contributed by atoms with Crippen LogP contribution in [0.2, 0.25) is 0 Å². The van der Waals surface area contributed by atoms with Gasteiger partial charge in [0.25, 0.3) is 0 Å². The number of nitrogens with one attached hydrogen (secondary N) is 1. The summed E-state index contributed by atoms with van der Waals surface area (Å²) >= 11 is 0. The molecule has 1 N–H and O–H groups in total. The van der Waals surface area contributed by atoms with Crippen LogP contribution < -0.4 is 5.32 Å². The van der Waals surface area contributed by atoms with Crippen molar-refractivity contribution in [3.8, 4) is 11.3 Å². The monoisotopic (exact) mass is 244 g/mol. The second-order valence-corrected chi connectivity index (χ2v) is 4.47. The van der Waals surface area contributed by atoms with Gasteiger partial charge in [-0.15, -0.1) is 5.10 Å². The molecule has 0 saturated carbocycles. The molecular formula is C14H20N4. The van der Waals surface area contributed by atoms with Gasteiger partial charge in [-0.3, -0.25) is 0 Å². The zero-order chi connectivity index (χ0) is 13.0. The number of aryl methyl sites for hydroxylation is 1. The highest BCUT2D eigenvalue weighted by Gasteiger charge is 2.07. The van der Waals surface area contributed by atoms with Gasteiger partial charge in [0.15, 0.2) is 0 Å². The second-order valence-electron chi connectivity index (χ2n) is 4.47. The molecule has 0 radical (unpaired) electrons. The Bertz CT molecular complexity index is 487. The van der Waals surface area contributed by atoms with Gasteiger partial charge >= 0.3 is 0 Å². The van der Waals surface area contributed by atoms with Crippen molar-refractivity contribution in [3.63, 3.8) is 0 Å². The molecule has 96 valence electrons. The zero-order valence-corrected chi connectivity index (χ0v) is 11.2. The summed E-state index contributed by atoms with van der Waals surface area (Å²) in [5.74, 6) is 0. The van der Waals surface area contributed by atoms with E-state index in [4.69, 9.17) is 0 Å². The van der Waals surface area contributed by atoms with E-state index in [2.05, 4.69) is 53.7 Å². The van der Waals surface area contributed by atoms with Gasteiger partial charge in [0.1, 0.15) is 0 Å². The van der Waals surface area contributed by atoms with E-state index < -0.39 is 0 Å². The highest BCUT2D eigenvalue weighted by atomic mass is 15.4. The van der Waals surface area contributed by atoms with Crippen LogP contribution in [0.5, 0.6) is 0 Å². The number of rotatable bonds is 5. The normalized spacial score (nSPS) is 12.6. The molecule has 1 atom stereocenters. The van der Waals surface area contributed by atoms with Gasteiger partial charge in [0, 0.05) is 18.2 Å². The molecular weight excluding hydrogens is 224 g/mol. The Morgan fingerprint density at radius 2 is 2.00 bits per heavy atom. The molecule has 1 aromatic heterocycles. The minimum Gasteiger partial charge on any atom is -0.313 e. The molecule has 0 bridgehead atoms. The summed E-state index contributed by atoms with van der Waals surface area (Å²) in [5, 5.41) is 11.3. The highest BCUT2D eigenvalue weighted by Crippen LogP contribution is 2.21. The molecule has 18 heavy (non-hydrogen) atoms. The van der Waals surface area contributed by atoms with Crippen LogP contribution in [0, 0.1) is 0 Å². The van der Waals surface area contributed by atoms with Crippen molar-refractivity contribution in [1.29, 1.82) is 0 Å². The van der Waals surface area contributed by atoms with E-state index >= 15 is 0 Å². The molecule has 1 unspecified atom stereocenters. The van der Waals surface area contributed by atoms with Gasteiger partial charge in [-0.2, -0.15) is 0 Å². The molecule has 1 heterocycles. The fraction of sp³-hybridized carbons (Fsp3) is 0.429. The van der Waals surface area contributed by atoms with E-state index in [0.29, 0.717) is 6.04 Å². The van der Waals surface area contributed by atoms with E-state index in [1.807, 2.05) is 17.9 Å². The molecule has 1 aromatic carbocycles. The lowest BCUT2D eigenvalue weighted by atomic mass is 10.0. The van der Waals surface area contributed by atoms with Crippen molar-refractivity contribution in [1.82, 2.24) is 20.3 Å². The van der Waals surface area contributed by atoms with Crippen LogP contribution in [0.15, 0.2) is 30.5 Å². The standard InChI is InChI=1S/C14H20N4/c1-4-9-18-14(10-16-17-18)13-7-5-12(6-8-13)11(2)15-3/h5-8,10-11,15H,4,9H2,1-3H3. The first-order chi connectivity index (χ1) is 8.76.